The van der Waals surface area contributed by atoms with Crippen LogP contribution in [-0.4, -0.2) is 24.3 Å². The van der Waals surface area contributed by atoms with Crippen molar-refractivity contribution in [3.8, 4) is 0 Å². The quantitative estimate of drug-likeness (QED) is 0.290. The maximum absolute atomic E-state index is 11.3. The third kappa shape index (κ3) is 6.38. The highest BCUT2D eigenvalue weighted by Gasteiger charge is 2.46. The summed E-state index contributed by atoms with van der Waals surface area (Å²) in [5.41, 5.74) is 2.57. The van der Waals surface area contributed by atoms with Crippen LogP contribution in [0.4, 0.5) is 0 Å². The Labute approximate surface area is 123 Å². The van der Waals surface area contributed by atoms with Crippen molar-refractivity contribution in [2.75, 3.05) is 6.61 Å². The molecule has 1 heterocycles. The second-order valence-corrected chi connectivity index (χ2v) is 6.08. The summed E-state index contributed by atoms with van der Waals surface area (Å²) in [5.74, 6) is -0.237. The predicted octanol–water partition coefficient (Wildman–Crippen LogP) is 4.18. The van der Waals surface area contributed by atoms with Crippen molar-refractivity contribution in [2.24, 2.45) is 0 Å². The normalized spacial score (nSPS) is 21.8. The summed E-state index contributed by atoms with van der Waals surface area (Å²) in [6.07, 6.45) is 8.35. The van der Waals surface area contributed by atoms with Crippen LogP contribution in [0.25, 0.3) is 0 Å². The first-order valence-corrected chi connectivity index (χ1v) is 7.52. The third-order valence-corrected chi connectivity index (χ3v) is 3.65. The van der Waals surface area contributed by atoms with Crippen LogP contribution in [0.5, 0.6) is 0 Å². The molecular formula is C17H28O3. The van der Waals surface area contributed by atoms with Crippen LogP contribution in [0, 0.1) is 0 Å². The van der Waals surface area contributed by atoms with Crippen LogP contribution in [0.15, 0.2) is 23.3 Å². The molecule has 0 radical (unpaired) electrons. The largest absolute Gasteiger partial charge is 0.463 e. The van der Waals surface area contributed by atoms with Crippen molar-refractivity contribution in [3.05, 3.63) is 23.3 Å². The van der Waals surface area contributed by atoms with E-state index in [2.05, 4.69) is 26.8 Å². The molecule has 0 spiro atoms. The molecule has 1 aliphatic rings. The van der Waals surface area contributed by atoms with Gasteiger partial charge in [0.2, 0.25) is 0 Å². The highest BCUT2D eigenvalue weighted by molar-refractivity contribution is 5.82. The average Bonchev–Trinajstić information content (AvgIpc) is 2.94. The first-order valence-electron chi connectivity index (χ1n) is 7.52. The molecule has 20 heavy (non-hydrogen) atoms. The van der Waals surface area contributed by atoms with E-state index in [1.165, 1.54) is 5.57 Å². The van der Waals surface area contributed by atoms with Crippen LogP contribution in [0.2, 0.25) is 0 Å². The maximum atomic E-state index is 11.3. The summed E-state index contributed by atoms with van der Waals surface area (Å²) in [5, 5.41) is 0. The Hall–Kier alpha value is -1.09. The smallest absolute Gasteiger partial charge is 0.330 e. The molecule has 114 valence electrons. The van der Waals surface area contributed by atoms with E-state index < -0.39 is 0 Å². The minimum atomic E-state index is -0.237. The highest BCUT2D eigenvalue weighted by atomic mass is 16.6. The molecule has 0 saturated carbocycles. The zero-order valence-corrected chi connectivity index (χ0v) is 13.5. The van der Waals surface area contributed by atoms with Crippen molar-refractivity contribution >= 4 is 5.97 Å². The van der Waals surface area contributed by atoms with E-state index in [1.807, 2.05) is 13.8 Å². The Morgan fingerprint density at radius 1 is 1.25 bits per heavy atom. The highest BCUT2D eigenvalue weighted by Crippen LogP contribution is 2.38. The maximum Gasteiger partial charge on any atom is 0.330 e. The summed E-state index contributed by atoms with van der Waals surface area (Å²) in [4.78, 5) is 11.3. The van der Waals surface area contributed by atoms with Crippen molar-refractivity contribution in [1.82, 2.24) is 0 Å². The number of carbonyl (C=O) groups is 1. The van der Waals surface area contributed by atoms with Crippen LogP contribution in [0.1, 0.15) is 60.3 Å². The molecule has 0 aliphatic carbocycles. The molecule has 1 rings (SSSR count). The zero-order chi connectivity index (χ0) is 15.2. The molecule has 1 unspecified atom stereocenters. The molecule has 1 saturated heterocycles. The van der Waals surface area contributed by atoms with Crippen molar-refractivity contribution in [3.63, 3.8) is 0 Å². The summed E-state index contributed by atoms with van der Waals surface area (Å²) in [6.45, 7) is 10.7. The number of ether oxygens (including phenoxy) is 2. The summed E-state index contributed by atoms with van der Waals surface area (Å²) < 4.78 is 10.5. The Morgan fingerprint density at radius 3 is 2.45 bits per heavy atom. The predicted molar refractivity (Wildman–Crippen MR) is 81.6 cm³/mol. The van der Waals surface area contributed by atoms with Gasteiger partial charge in [0.15, 0.2) is 0 Å². The molecule has 0 N–H and O–H groups in total. The van der Waals surface area contributed by atoms with E-state index in [0.29, 0.717) is 12.7 Å². The average molecular weight is 280 g/mol. The Morgan fingerprint density at radius 2 is 1.90 bits per heavy atom. The van der Waals surface area contributed by atoms with Gasteiger partial charge in [-0.2, -0.15) is 0 Å². The second-order valence-electron chi connectivity index (χ2n) is 6.08. The van der Waals surface area contributed by atoms with Gasteiger partial charge in [0.25, 0.3) is 0 Å². The van der Waals surface area contributed by atoms with Crippen LogP contribution < -0.4 is 0 Å². The molecule has 3 nitrogen and oxygen atoms in total. The molecule has 0 amide bonds. The van der Waals surface area contributed by atoms with Gasteiger partial charge in [0, 0.05) is 6.08 Å². The monoisotopic (exact) mass is 280 g/mol. The van der Waals surface area contributed by atoms with Gasteiger partial charge in [-0.15, -0.1) is 0 Å². The van der Waals surface area contributed by atoms with E-state index in [0.717, 1.165) is 31.3 Å². The molecule has 0 aromatic heterocycles. The molecule has 1 aliphatic heterocycles. The van der Waals surface area contributed by atoms with Crippen LogP contribution in [-0.2, 0) is 14.3 Å². The number of hydrogen-bond donors (Lipinski definition) is 0. The van der Waals surface area contributed by atoms with E-state index in [1.54, 1.807) is 6.08 Å². The number of allylic oxidation sites excluding steroid dienone is 3. The molecule has 1 fully saturated rings. The summed E-state index contributed by atoms with van der Waals surface area (Å²) >= 11 is 0. The van der Waals surface area contributed by atoms with E-state index in [4.69, 9.17) is 9.47 Å². The van der Waals surface area contributed by atoms with Gasteiger partial charge < -0.3 is 9.47 Å². The van der Waals surface area contributed by atoms with Gasteiger partial charge in [0.05, 0.1) is 18.3 Å². The van der Waals surface area contributed by atoms with Crippen LogP contribution in [0.3, 0.4) is 0 Å². The van der Waals surface area contributed by atoms with Crippen molar-refractivity contribution in [1.29, 1.82) is 0 Å². The fourth-order valence-electron chi connectivity index (χ4n) is 2.20. The van der Waals surface area contributed by atoms with Gasteiger partial charge in [-0.05, 0) is 60.3 Å². The van der Waals surface area contributed by atoms with Crippen LogP contribution >= 0.6 is 0 Å². The first kappa shape index (κ1) is 17.0. The van der Waals surface area contributed by atoms with Crippen molar-refractivity contribution in [2.45, 2.75) is 72.0 Å². The van der Waals surface area contributed by atoms with Gasteiger partial charge in [-0.25, -0.2) is 4.79 Å². The number of epoxide rings is 1. The molecule has 0 bridgehead atoms. The lowest BCUT2D eigenvalue weighted by molar-refractivity contribution is -0.137. The lowest BCUT2D eigenvalue weighted by Gasteiger charge is -2.02. The minimum Gasteiger partial charge on any atom is -0.463 e. The molecule has 0 aromatic rings. The lowest BCUT2D eigenvalue weighted by Crippen LogP contribution is -2.02. The van der Waals surface area contributed by atoms with Gasteiger partial charge in [-0.3, -0.25) is 0 Å². The lowest BCUT2D eigenvalue weighted by atomic mass is 10.0. The molecule has 1 atom stereocenters. The number of rotatable bonds is 8. The fraction of sp³-hybridized carbons (Fsp3) is 0.706. The van der Waals surface area contributed by atoms with Crippen molar-refractivity contribution < 1.29 is 14.3 Å². The Balaban J connectivity index is 2.21. The summed E-state index contributed by atoms with van der Waals surface area (Å²) in [7, 11) is 0. The van der Waals surface area contributed by atoms with E-state index in [9.17, 15) is 4.79 Å². The fourth-order valence-corrected chi connectivity index (χ4v) is 2.20. The summed E-state index contributed by atoms with van der Waals surface area (Å²) in [6, 6.07) is 0. The molecular weight excluding hydrogens is 252 g/mol. The Bertz CT molecular complexity index is 391. The van der Waals surface area contributed by atoms with Gasteiger partial charge >= 0.3 is 5.97 Å². The SMILES string of the molecule is CCOC(=O)/C=C(\C)CC/C=C(\C)CCC1OC1(C)C. The number of carbonyl (C=O) groups excluding carboxylic acids is 1. The molecule has 0 aromatic carbocycles. The molecule has 3 heteroatoms. The van der Waals surface area contributed by atoms with E-state index in [-0.39, 0.29) is 11.6 Å². The first-order chi connectivity index (χ1) is 9.35. The Kier molecular flexibility index (Phi) is 6.47. The van der Waals surface area contributed by atoms with Gasteiger partial charge in [0.1, 0.15) is 0 Å². The topological polar surface area (TPSA) is 38.8 Å². The third-order valence-electron chi connectivity index (χ3n) is 3.65. The zero-order valence-electron chi connectivity index (χ0n) is 13.5. The van der Waals surface area contributed by atoms with E-state index >= 15 is 0 Å². The number of esters is 1. The minimum absolute atomic E-state index is 0.0965. The van der Waals surface area contributed by atoms with Gasteiger partial charge in [-0.1, -0.05) is 17.2 Å². The second kappa shape index (κ2) is 7.63. The number of hydrogen-bond acceptors (Lipinski definition) is 3. The standard InChI is InChI=1S/C17H28O3/c1-6-19-16(18)12-14(3)9-7-8-13(2)10-11-15-17(4,5)20-15/h8,12,15H,6-7,9-11H2,1-5H3/b13-8+,14-12+.